The Balaban J connectivity index is 2.24. The molecule has 3 N–H and O–H groups in total. The molecule has 0 aromatic carbocycles. The lowest BCUT2D eigenvalue weighted by atomic mass is 10.4. The number of rotatable bonds is 3. The van der Waals surface area contributed by atoms with Crippen molar-refractivity contribution in [3.8, 4) is 0 Å². The van der Waals surface area contributed by atoms with Crippen molar-refractivity contribution in [1.82, 2.24) is 9.21 Å². The molecule has 0 radical (unpaired) electrons. The van der Waals surface area contributed by atoms with E-state index in [0.717, 1.165) is 25.3 Å². The van der Waals surface area contributed by atoms with E-state index in [1.807, 2.05) is 4.31 Å². The third-order valence-corrected chi connectivity index (χ3v) is 2.64. The molecule has 1 rings (SSSR count). The van der Waals surface area contributed by atoms with Crippen LogP contribution in [0.15, 0.2) is 5.16 Å². The molecular weight excluding hydrogens is 208 g/mol. The summed E-state index contributed by atoms with van der Waals surface area (Å²) in [6.07, 6.45) is 0. The van der Waals surface area contributed by atoms with Crippen LogP contribution < -0.4 is 5.73 Å². The van der Waals surface area contributed by atoms with Crippen molar-refractivity contribution >= 4 is 18.2 Å². The predicted octanol–water partition coefficient (Wildman–Crippen LogP) is -0.551. The second-order valence-corrected chi connectivity index (χ2v) is 3.49. The largest absolute Gasteiger partial charge is 0.408 e. The molecule has 1 aliphatic rings. The summed E-state index contributed by atoms with van der Waals surface area (Å²) >= 11 is 1.16. The van der Waals surface area contributed by atoms with Crippen molar-refractivity contribution in [2.45, 2.75) is 0 Å². The average Bonchev–Trinajstić information content (AvgIpc) is 2.26. The standard InChI is InChI=1S/C6H14N4O3S/c1-12-13-14-10-4-2-9(3-5-10)6(7)8-11/h11H,2-5H2,1H3,(H2,7,8). The molecule has 1 fully saturated rings. The summed E-state index contributed by atoms with van der Waals surface area (Å²) in [5.41, 5.74) is 5.44. The number of nitrogens with two attached hydrogens (primary N) is 1. The number of guanidine groups is 1. The topological polar surface area (TPSA) is 83.6 Å². The zero-order valence-corrected chi connectivity index (χ0v) is 8.74. The molecule has 7 nitrogen and oxygen atoms in total. The molecule has 1 saturated heterocycles. The van der Waals surface area contributed by atoms with E-state index < -0.39 is 0 Å². The van der Waals surface area contributed by atoms with Crippen LogP contribution in [0.5, 0.6) is 0 Å². The molecule has 1 aliphatic heterocycles. The molecule has 0 aromatic rings. The lowest BCUT2D eigenvalue weighted by molar-refractivity contribution is -0.163. The van der Waals surface area contributed by atoms with Crippen LogP contribution in [0.2, 0.25) is 0 Å². The van der Waals surface area contributed by atoms with Gasteiger partial charge in [-0.25, -0.2) is 9.19 Å². The van der Waals surface area contributed by atoms with Gasteiger partial charge in [-0.15, -0.1) is 4.33 Å². The second kappa shape index (κ2) is 5.91. The van der Waals surface area contributed by atoms with Crippen LogP contribution in [0, 0.1) is 0 Å². The van der Waals surface area contributed by atoms with Gasteiger partial charge in [0.25, 0.3) is 0 Å². The zero-order chi connectivity index (χ0) is 10.4. The number of oxime groups is 1. The third kappa shape index (κ3) is 3.22. The smallest absolute Gasteiger partial charge is 0.233 e. The molecule has 1 heterocycles. The van der Waals surface area contributed by atoms with E-state index in [0.29, 0.717) is 13.1 Å². The summed E-state index contributed by atoms with van der Waals surface area (Å²) < 4.78 is 6.70. The van der Waals surface area contributed by atoms with E-state index in [4.69, 9.17) is 15.3 Å². The summed E-state index contributed by atoms with van der Waals surface area (Å²) in [6.45, 7) is 2.94. The van der Waals surface area contributed by atoms with Crippen LogP contribution in [0.25, 0.3) is 0 Å². The van der Waals surface area contributed by atoms with E-state index in [-0.39, 0.29) is 5.96 Å². The first-order valence-electron chi connectivity index (χ1n) is 4.12. The third-order valence-electron chi connectivity index (χ3n) is 1.87. The maximum absolute atomic E-state index is 8.45. The van der Waals surface area contributed by atoms with E-state index in [2.05, 4.69) is 10.0 Å². The number of piperazine rings is 1. The van der Waals surface area contributed by atoms with Gasteiger partial charge in [-0.05, 0) is 0 Å². The van der Waals surface area contributed by atoms with Gasteiger partial charge in [0.05, 0.1) is 7.11 Å². The summed E-state index contributed by atoms with van der Waals surface area (Å²) in [5, 5.41) is 11.4. The highest BCUT2D eigenvalue weighted by molar-refractivity contribution is 7.92. The first kappa shape index (κ1) is 11.4. The molecule has 0 aliphatic carbocycles. The fourth-order valence-electron chi connectivity index (χ4n) is 1.13. The quantitative estimate of drug-likeness (QED) is 0.126. The molecule has 82 valence electrons. The highest BCUT2D eigenvalue weighted by atomic mass is 32.2. The van der Waals surface area contributed by atoms with Gasteiger partial charge in [0, 0.05) is 26.2 Å². The van der Waals surface area contributed by atoms with Crippen LogP contribution in [0.4, 0.5) is 0 Å². The van der Waals surface area contributed by atoms with Crippen molar-refractivity contribution in [2.24, 2.45) is 10.9 Å². The Labute approximate surface area is 86.7 Å². The van der Waals surface area contributed by atoms with Gasteiger partial charge in [-0.2, -0.15) is 0 Å². The molecule has 0 unspecified atom stereocenters. The van der Waals surface area contributed by atoms with Crippen LogP contribution >= 0.6 is 12.2 Å². The molecule has 0 bridgehead atoms. The Hall–Kier alpha value is -0.700. The average molecular weight is 222 g/mol. The molecule has 14 heavy (non-hydrogen) atoms. The Kier molecular flexibility index (Phi) is 4.80. The Bertz CT molecular complexity index is 196. The molecule has 8 heteroatoms. The molecule has 0 spiro atoms. The van der Waals surface area contributed by atoms with Gasteiger partial charge in [-0.1, -0.05) is 5.16 Å². The summed E-state index contributed by atoms with van der Waals surface area (Å²) in [4.78, 5) is 6.25. The molecule has 0 saturated carbocycles. The minimum Gasteiger partial charge on any atom is -0.408 e. The van der Waals surface area contributed by atoms with Gasteiger partial charge in [0.1, 0.15) is 12.2 Å². The van der Waals surface area contributed by atoms with Crippen LogP contribution in [-0.2, 0) is 9.22 Å². The van der Waals surface area contributed by atoms with Crippen molar-refractivity contribution in [2.75, 3.05) is 33.3 Å². The number of hydrogen-bond acceptors (Lipinski definition) is 6. The lowest BCUT2D eigenvalue weighted by Crippen LogP contribution is -2.49. The Morgan fingerprint density at radius 2 is 2.07 bits per heavy atom. The van der Waals surface area contributed by atoms with E-state index in [1.54, 1.807) is 4.90 Å². The minimum atomic E-state index is 0.155. The van der Waals surface area contributed by atoms with E-state index in [9.17, 15) is 0 Å². The highest BCUT2D eigenvalue weighted by Crippen LogP contribution is 2.14. The van der Waals surface area contributed by atoms with Gasteiger partial charge >= 0.3 is 0 Å². The Morgan fingerprint density at radius 1 is 1.43 bits per heavy atom. The van der Waals surface area contributed by atoms with Crippen LogP contribution in [-0.4, -0.2) is 53.7 Å². The van der Waals surface area contributed by atoms with Crippen LogP contribution in [0.1, 0.15) is 0 Å². The van der Waals surface area contributed by atoms with Crippen molar-refractivity contribution in [1.29, 1.82) is 0 Å². The first-order valence-corrected chi connectivity index (χ1v) is 4.82. The predicted molar refractivity (Wildman–Crippen MR) is 52.2 cm³/mol. The van der Waals surface area contributed by atoms with E-state index in [1.165, 1.54) is 7.11 Å². The summed E-state index contributed by atoms with van der Waals surface area (Å²) in [7, 11) is 1.46. The highest BCUT2D eigenvalue weighted by Gasteiger charge is 2.19. The second-order valence-electron chi connectivity index (χ2n) is 2.68. The van der Waals surface area contributed by atoms with Crippen molar-refractivity contribution in [3.05, 3.63) is 0 Å². The van der Waals surface area contributed by atoms with Gasteiger partial charge < -0.3 is 15.8 Å². The van der Waals surface area contributed by atoms with Gasteiger partial charge in [0.15, 0.2) is 0 Å². The van der Waals surface area contributed by atoms with Crippen molar-refractivity contribution in [3.63, 3.8) is 0 Å². The maximum Gasteiger partial charge on any atom is 0.233 e. The fourth-order valence-corrected chi connectivity index (χ4v) is 1.59. The fraction of sp³-hybridized carbons (Fsp3) is 0.833. The monoisotopic (exact) mass is 222 g/mol. The maximum atomic E-state index is 8.45. The molecule has 0 amide bonds. The SMILES string of the molecule is COOSN1CCN(C(N)=NO)CC1. The molecule has 0 aromatic heterocycles. The van der Waals surface area contributed by atoms with E-state index >= 15 is 0 Å². The number of nitrogens with zero attached hydrogens (tertiary/aromatic N) is 3. The molecule has 0 atom stereocenters. The number of hydrogen-bond donors (Lipinski definition) is 2. The van der Waals surface area contributed by atoms with Gasteiger partial charge in [0.2, 0.25) is 5.96 Å². The normalized spacial score (nSPS) is 20.1. The van der Waals surface area contributed by atoms with Crippen molar-refractivity contribution < 1.29 is 14.4 Å². The lowest BCUT2D eigenvalue weighted by Gasteiger charge is -2.32. The molecular formula is C6H14N4O3S. The Morgan fingerprint density at radius 3 is 2.57 bits per heavy atom. The summed E-state index contributed by atoms with van der Waals surface area (Å²) in [6, 6.07) is 0. The summed E-state index contributed by atoms with van der Waals surface area (Å²) in [5.74, 6) is 0.155. The van der Waals surface area contributed by atoms with Gasteiger partial charge in [-0.3, -0.25) is 0 Å². The minimum absolute atomic E-state index is 0.155. The zero-order valence-electron chi connectivity index (χ0n) is 7.92. The van der Waals surface area contributed by atoms with Crippen LogP contribution in [0.3, 0.4) is 0 Å². The first-order chi connectivity index (χ1) is 6.77.